The van der Waals surface area contributed by atoms with E-state index in [9.17, 15) is 0 Å². The van der Waals surface area contributed by atoms with Crippen LogP contribution in [-0.4, -0.2) is 31.2 Å². The lowest BCUT2D eigenvalue weighted by atomic mass is 10.1. The summed E-state index contributed by atoms with van der Waals surface area (Å²) in [4.78, 5) is 2.40. The number of methoxy groups -OCH3 is 1. The zero-order valence-corrected chi connectivity index (χ0v) is 9.82. The number of hydrogen-bond acceptors (Lipinski definition) is 4. The zero-order valence-electron chi connectivity index (χ0n) is 9.82. The van der Waals surface area contributed by atoms with Gasteiger partial charge in [-0.05, 0) is 25.0 Å². The summed E-state index contributed by atoms with van der Waals surface area (Å²) in [6, 6.07) is 3.97. The number of ether oxygens (including phenoxy) is 1. The van der Waals surface area contributed by atoms with Crippen molar-refractivity contribution in [2.45, 2.75) is 32.0 Å². The normalized spacial score (nSPS) is 19.1. The molecule has 0 aromatic carbocycles. The van der Waals surface area contributed by atoms with Gasteiger partial charge in [0.05, 0.1) is 19.2 Å². The van der Waals surface area contributed by atoms with Crippen molar-refractivity contribution in [3.05, 3.63) is 23.7 Å². The molecule has 1 saturated heterocycles. The molecule has 0 saturated carbocycles. The molecule has 4 nitrogen and oxygen atoms in total. The first-order valence-electron chi connectivity index (χ1n) is 5.84. The smallest absolute Gasteiger partial charge is 0.118 e. The summed E-state index contributed by atoms with van der Waals surface area (Å²) in [5.41, 5.74) is 5.51. The minimum Gasteiger partial charge on any atom is -0.463 e. The first-order valence-corrected chi connectivity index (χ1v) is 5.84. The van der Waals surface area contributed by atoms with Gasteiger partial charge in [0.2, 0.25) is 0 Å². The molecule has 2 N–H and O–H groups in total. The maximum atomic E-state index is 5.59. The van der Waals surface area contributed by atoms with Gasteiger partial charge in [0.15, 0.2) is 0 Å². The maximum absolute atomic E-state index is 5.59. The monoisotopic (exact) mass is 224 g/mol. The van der Waals surface area contributed by atoms with E-state index < -0.39 is 0 Å². The largest absolute Gasteiger partial charge is 0.463 e. The van der Waals surface area contributed by atoms with Crippen molar-refractivity contribution in [2.75, 3.05) is 20.2 Å². The average Bonchev–Trinajstić information content (AvgIpc) is 2.78. The van der Waals surface area contributed by atoms with E-state index in [0.717, 1.165) is 44.0 Å². The van der Waals surface area contributed by atoms with Gasteiger partial charge in [-0.15, -0.1) is 0 Å². The minimum absolute atomic E-state index is 0.437. The fraction of sp³-hybridized carbons (Fsp3) is 0.667. The van der Waals surface area contributed by atoms with Crippen molar-refractivity contribution < 1.29 is 9.15 Å². The van der Waals surface area contributed by atoms with Crippen LogP contribution in [0.3, 0.4) is 0 Å². The van der Waals surface area contributed by atoms with Crippen LogP contribution in [0.15, 0.2) is 16.5 Å². The minimum atomic E-state index is 0.437. The van der Waals surface area contributed by atoms with Crippen molar-refractivity contribution in [3.63, 3.8) is 0 Å². The molecule has 0 spiro atoms. The van der Waals surface area contributed by atoms with Crippen LogP contribution in [0.25, 0.3) is 0 Å². The number of rotatable bonds is 4. The summed E-state index contributed by atoms with van der Waals surface area (Å²) in [6.07, 6.45) is 2.66. The highest BCUT2D eigenvalue weighted by atomic mass is 16.5. The van der Waals surface area contributed by atoms with Crippen molar-refractivity contribution >= 4 is 0 Å². The fourth-order valence-corrected chi connectivity index (χ4v) is 2.14. The highest BCUT2D eigenvalue weighted by Crippen LogP contribution is 2.16. The second kappa shape index (κ2) is 5.48. The van der Waals surface area contributed by atoms with E-state index in [4.69, 9.17) is 14.9 Å². The summed E-state index contributed by atoms with van der Waals surface area (Å²) in [6.45, 7) is 3.52. The van der Waals surface area contributed by atoms with Crippen LogP contribution < -0.4 is 5.73 Å². The summed E-state index contributed by atoms with van der Waals surface area (Å²) in [5.74, 6) is 1.87. The third-order valence-corrected chi connectivity index (χ3v) is 3.17. The van der Waals surface area contributed by atoms with Crippen LogP contribution in [-0.2, 0) is 17.8 Å². The second-order valence-electron chi connectivity index (χ2n) is 4.28. The first-order chi connectivity index (χ1) is 7.81. The molecule has 0 aliphatic carbocycles. The van der Waals surface area contributed by atoms with Crippen molar-refractivity contribution in [3.8, 4) is 0 Å². The molecule has 0 unspecified atom stereocenters. The Balaban J connectivity index is 1.82. The van der Waals surface area contributed by atoms with Crippen molar-refractivity contribution in [1.29, 1.82) is 0 Å². The summed E-state index contributed by atoms with van der Waals surface area (Å²) in [5, 5.41) is 0. The Morgan fingerprint density at radius 3 is 2.62 bits per heavy atom. The number of piperidine rings is 1. The van der Waals surface area contributed by atoms with E-state index in [0.29, 0.717) is 12.6 Å². The number of furan rings is 1. The number of hydrogen-bond donors (Lipinski definition) is 1. The molecular weight excluding hydrogens is 204 g/mol. The lowest BCUT2D eigenvalue weighted by Crippen LogP contribution is -2.36. The van der Waals surface area contributed by atoms with Gasteiger partial charge in [-0.3, -0.25) is 4.90 Å². The van der Waals surface area contributed by atoms with Gasteiger partial charge in [0.25, 0.3) is 0 Å². The molecule has 1 fully saturated rings. The first kappa shape index (κ1) is 11.6. The quantitative estimate of drug-likeness (QED) is 0.838. The molecule has 1 aromatic rings. The second-order valence-corrected chi connectivity index (χ2v) is 4.28. The molecule has 0 radical (unpaired) electrons. The van der Waals surface area contributed by atoms with Gasteiger partial charge < -0.3 is 14.9 Å². The number of nitrogens with zero attached hydrogens (tertiary/aromatic N) is 1. The molecule has 0 amide bonds. The molecular formula is C12H20N2O2. The Bertz CT molecular complexity index is 317. The Hall–Kier alpha value is -0.840. The zero-order chi connectivity index (χ0) is 11.4. The molecule has 2 rings (SSSR count). The van der Waals surface area contributed by atoms with Crippen molar-refractivity contribution in [1.82, 2.24) is 4.90 Å². The highest BCUT2D eigenvalue weighted by molar-refractivity contribution is 5.06. The predicted octanol–water partition coefficient (Wildman–Crippen LogP) is 1.35. The maximum Gasteiger partial charge on any atom is 0.118 e. The van der Waals surface area contributed by atoms with E-state index >= 15 is 0 Å². The van der Waals surface area contributed by atoms with Gasteiger partial charge in [-0.2, -0.15) is 0 Å². The van der Waals surface area contributed by atoms with Gasteiger partial charge in [0, 0.05) is 20.2 Å². The Kier molecular flexibility index (Phi) is 3.98. The van der Waals surface area contributed by atoms with Crippen LogP contribution in [0, 0.1) is 0 Å². The summed E-state index contributed by atoms with van der Waals surface area (Å²) >= 11 is 0. The molecule has 1 aromatic heterocycles. The molecule has 0 atom stereocenters. The molecule has 2 heterocycles. The fourth-order valence-electron chi connectivity index (χ4n) is 2.14. The Morgan fingerprint density at radius 1 is 1.38 bits per heavy atom. The molecule has 1 aliphatic heterocycles. The molecule has 1 aliphatic rings. The van der Waals surface area contributed by atoms with Gasteiger partial charge in [-0.1, -0.05) is 0 Å². The van der Waals surface area contributed by atoms with Gasteiger partial charge in [-0.25, -0.2) is 0 Å². The van der Waals surface area contributed by atoms with E-state index in [1.165, 1.54) is 0 Å². The van der Waals surface area contributed by atoms with Gasteiger partial charge >= 0.3 is 0 Å². The SMILES string of the molecule is COC1CCN(Cc2ccc(CN)o2)CC1. The van der Waals surface area contributed by atoms with Crippen LogP contribution in [0.4, 0.5) is 0 Å². The Morgan fingerprint density at radius 2 is 2.06 bits per heavy atom. The average molecular weight is 224 g/mol. The lowest BCUT2D eigenvalue weighted by molar-refractivity contribution is 0.0369. The molecule has 0 bridgehead atoms. The third-order valence-electron chi connectivity index (χ3n) is 3.17. The van der Waals surface area contributed by atoms with Crippen LogP contribution in [0.5, 0.6) is 0 Å². The lowest BCUT2D eigenvalue weighted by Gasteiger charge is -2.30. The molecule has 16 heavy (non-hydrogen) atoms. The summed E-state index contributed by atoms with van der Waals surface area (Å²) in [7, 11) is 1.79. The topological polar surface area (TPSA) is 51.6 Å². The van der Waals surface area contributed by atoms with Gasteiger partial charge in [0.1, 0.15) is 11.5 Å². The van der Waals surface area contributed by atoms with Crippen LogP contribution in [0.1, 0.15) is 24.4 Å². The molecule has 4 heteroatoms. The van der Waals surface area contributed by atoms with Crippen molar-refractivity contribution in [2.24, 2.45) is 5.73 Å². The predicted molar refractivity (Wildman–Crippen MR) is 61.9 cm³/mol. The van der Waals surface area contributed by atoms with E-state index in [2.05, 4.69) is 4.90 Å². The highest BCUT2D eigenvalue weighted by Gasteiger charge is 2.19. The summed E-state index contributed by atoms with van der Waals surface area (Å²) < 4.78 is 10.9. The number of nitrogens with two attached hydrogens (primary N) is 1. The Labute approximate surface area is 96.4 Å². The van der Waals surface area contributed by atoms with E-state index in [1.807, 2.05) is 12.1 Å². The molecule has 90 valence electrons. The number of likely N-dealkylation sites (tertiary alicyclic amines) is 1. The van der Waals surface area contributed by atoms with E-state index in [1.54, 1.807) is 7.11 Å². The van der Waals surface area contributed by atoms with Crippen LogP contribution in [0.2, 0.25) is 0 Å². The third kappa shape index (κ3) is 2.84. The van der Waals surface area contributed by atoms with Crippen LogP contribution >= 0.6 is 0 Å². The van der Waals surface area contributed by atoms with E-state index in [-0.39, 0.29) is 0 Å². The standard InChI is InChI=1S/C12H20N2O2/c1-15-10-4-6-14(7-5-10)9-12-3-2-11(8-13)16-12/h2-3,10H,4-9,13H2,1H3.